The molecule has 7 nitrogen and oxygen atoms in total. The summed E-state index contributed by atoms with van der Waals surface area (Å²) in [6.45, 7) is 0. The number of nitro benzene ring substituents is 1. The van der Waals surface area contributed by atoms with Crippen molar-refractivity contribution in [3.8, 4) is 0 Å². The molecule has 0 aliphatic rings. The quantitative estimate of drug-likeness (QED) is 0.486. The summed E-state index contributed by atoms with van der Waals surface area (Å²) in [6.07, 6.45) is 3.12. The number of anilines is 2. The molecule has 124 valence electrons. The number of pyridine rings is 2. The Balaban J connectivity index is 2.10. The fourth-order valence-corrected chi connectivity index (χ4v) is 2.60. The lowest BCUT2D eigenvalue weighted by Gasteiger charge is -2.20. The molecule has 0 radical (unpaired) electrons. The number of halogens is 1. The van der Waals surface area contributed by atoms with Crippen LogP contribution < -0.4 is 4.90 Å². The predicted molar refractivity (Wildman–Crippen MR) is 95.7 cm³/mol. The van der Waals surface area contributed by atoms with Crippen LogP contribution in [-0.4, -0.2) is 20.8 Å². The molecule has 0 atom stereocenters. The molecule has 0 aliphatic heterocycles. The molecule has 0 bridgehead atoms. The van der Waals surface area contributed by atoms with Gasteiger partial charge in [-0.25, -0.2) is 14.9 Å². The second kappa shape index (κ2) is 7.18. The summed E-state index contributed by atoms with van der Waals surface area (Å²) in [7, 11) is 0. The molecule has 3 aromatic rings. The minimum Gasteiger partial charge on any atom is -0.268 e. The smallest absolute Gasteiger partial charge is 0.268 e. The Kier molecular flexibility index (Phi) is 4.80. The van der Waals surface area contributed by atoms with Crippen molar-refractivity contribution in [1.82, 2.24) is 9.97 Å². The Hall–Kier alpha value is -3.13. The number of nitro groups is 1. The molecular formula is C17H11BrN4O3. The highest BCUT2D eigenvalue weighted by Gasteiger charge is 2.24. The van der Waals surface area contributed by atoms with E-state index in [0.717, 1.165) is 0 Å². The van der Waals surface area contributed by atoms with Gasteiger partial charge in [0.2, 0.25) is 0 Å². The van der Waals surface area contributed by atoms with E-state index in [9.17, 15) is 14.9 Å². The number of nitrogens with zero attached hydrogens (tertiary/aromatic N) is 4. The minimum absolute atomic E-state index is 0.159. The van der Waals surface area contributed by atoms with Crippen LogP contribution in [0.5, 0.6) is 0 Å². The van der Waals surface area contributed by atoms with E-state index < -0.39 is 10.8 Å². The van der Waals surface area contributed by atoms with Gasteiger partial charge in [-0.2, -0.15) is 0 Å². The second-order valence-electron chi connectivity index (χ2n) is 4.94. The van der Waals surface area contributed by atoms with Gasteiger partial charge in [0.05, 0.1) is 9.40 Å². The van der Waals surface area contributed by atoms with Crippen LogP contribution in [0.25, 0.3) is 0 Å². The van der Waals surface area contributed by atoms with Crippen molar-refractivity contribution >= 4 is 39.2 Å². The second-order valence-corrected chi connectivity index (χ2v) is 5.79. The number of hydrogen-bond donors (Lipinski definition) is 0. The molecule has 0 saturated heterocycles. The van der Waals surface area contributed by atoms with Gasteiger partial charge in [-0.15, -0.1) is 0 Å². The van der Waals surface area contributed by atoms with E-state index in [1.807, 2.05) is 0 Å². The largest absolute Gasteiger partial charge is 0.284 e. The molecule has 0 unspecified atom stereocenters. The van der Waals surface area contributed by atoms with Crippen molar-refractivity contribution in [2.24, 2.45) is 0 Å². The first-order valence-electron chi connectivity index (χ1n) is 7.18. The lowest BCUT2D eigenvalue weighted by atomic mass is 10.1. The highest BCUT2D eigenvalue weighted by atomic mass is 79.9. The van der Waals surface area contributed by atoms with Crippen molar-refractivity contribution in [2.75, 3.05) is 4.90 Å². The Bertz CT molecular complexity index is 880. The first-order chi connectivity index (χ1) is 12.1. The Morgan fingerprint density at radius 1 is 1.00 bits per heavy atom. The topological polar surface area (TPSA) is 89.2 Å². The molecule has 0 fully saturated rings. The number of carbonyl (C=O) groups excluding carboxylic acids is 1. The molecule has 0 aliphatic carbocycles. The first kappa shape index (κ1) is 16.7. The van der Waals surface area contributed by atoms with Gasteiger partial charge in [0.1, 0.15) is 11.6 Å². The molecular weight excluding hydrogens is 388 g/mol. The third kappa shape index (κ3) is 3.53. The Labute approximate surface area is 151 Å². The van der Waals surface area contributed by atoms with Crippen LogP contribution in [0.15, 0.2) is 71.5 Å². The monoisotopic (exact) mass is 398 g/mol. The van der Waals surface area contributed by atoms with E-state index in [2.05, 4.69) is 25.9 Å². The molecule has 1 amide bonds. The summed E-state index contributed by atoms with van der Waals surface area (Å²) in [5.41, 5.74) is -0.0287. The fraction of sp³-hybridized carbons (Fsp3) is 0. The molecule has 0 N–H and O–H groups in total. The third-order valence-electron chi connectivity index (χ3n) is 3.35. The van der Waals surface area contributed by atoms with E-state index in [1.165, 1.54) is 23.1 Å². The number of carbonyl (C=O) groups is 1. The number of rotatable bonds is 4. The molecule has 1 aromatic carbocycles. The van der Waals surface area contributed by atoms with Gasteiger partial charge >= 0.3 is 0 Å². The molecule has 2 aromatic heterocycles. The van der Waals surface area contributed by atoms with E-state index in [0.29, 0.717) is 16.1 Å². The number of aromatic nitrogens is 2. The lowest BCUT2D eigenvalue weighted by Crippen LogP contribution is -2.27. The SMILES string of the molecule is O=C(c1ccc(Br)c([N+](=O)[O-])c1)N(c1ccccn1)c1ccccn1. The highest BCUT2D eigenvalue weighted by Crippen LogP contribution is 2.29. The van der Waals surface area contributed by atoms with Gasteiger partial charge in [0, 0.05) is 24.0 Å². The van der Waals surface area contributed by atoms with E-state index in [1.54, 1.807) is 48.8 Å². The average Bonchev–Trinajstić information content (AvgIpc) is 2.64. The van der Waals surface area contributed by atoms with Crippen LogP contribution in [0.3, 0.4) is 0 Å². The van der Waals surface area contributed by atoms with E-state index >= 15 is 0 Å². The standard InChI is InChI=1S/C17H11BrN4O3/c18-13-8-7-12(11-14(13)22(24)25)17(23)21(15-5-1-3-9-19-15)16-6-2-4-10-20-16/h1-11H. The van der Waals surface area contributed by atoms with Crippen LogP contribution in [0.1, 0.15) is 10.4 Å². The van der Waals surface area contributed by atoms with Gasteiger partial charge in [0.15, 0.2) is 0 Å². The summed E-state index contributed by atoms with van der Waals surface area (Å²) in [5.74, 6) is 0.279. The van der Waals surface area contributed by atoms with Crippen molar-refractivity contribution in [3.05, 3.63) is 87.1 Å². The van der Waals surface area contributed by atoms with Gasteiger partial charge < -0.3 is 0 Å². The maximum absolute atomic E-state index is 13.0. The molecule has 25 heavy (non-hydrogen) atoms. The van der Waals surface area contributed by atoms with Crippen LogP contribution in [0, 0.1) is 10.1 Å². The summed E-state index contributed by atoms with van der Waals surface area (Å²) in [4.78, 5) is 33.3. The first-order valence-corrected chi connectivity index (χ1v) is 7.97. The molecule has 2 heterocycles. The van der Waals surface area contributed by atoms with Crippen LogP contribution in [0.2, 0.25) is 0 Å². The Morgan fingerprint density at radius 3 is 2.08 bits per heavy atom. The summed E-state index contributed by atoms with van der Waals surface area (Å²) in [6, 6.07) is 14.5. The number of hydrogen-bond acceptors (Lipinski definition) is 5. The zero-order chi connectivity index (χ0) is 17.8. The van der Waals surface area contributed by atoms with Crippen LogP contribution >= 0.6 is 15.9 Å². The number of benzene rings is 1. The van der Waals surface area contributed by atoms with Crippen molar-refractivity contribution in [1.29, 1.82) is 0 Å². The van der Waals surface area contributed by atoms with Crippen molar-refractivity contribution < 1.29 is 9.72 Å². The van der Waals surface area contributed by atoms with Gasteiger partial charge in [-0.1, -0.05) is 12.1 Å². The fourth-order valence-electron chi connectivity index (χ4n) is 2.21. The maximum Gasteiger partial charge on any atom is 0.284 e. The molecule has 0 saturated carbocycles. The highest BCUT2D eigenvalue weighted by molar-refractivity contribution is 9.10. The molecule has 8 heteroatoms. The minimum atomic E-state index is -0.549. The molecule has 3 rings (SSSR count). The normalized spacial score (nSPS) is 10.3. The average molecular weight is 399 g/mol. The predicted octanol–water partition coefficient (Wildman–Crippen LogP) is 4.13. The summed E-state index contributed by atoms with van der Waals surface area (Å²) < 4.78 is 0.302. The maximum atomic E-state index is 13.0. The van der Waals surface area contributed by atoms with Crippen molar-refractivity contribution in [2.45, 2.75) is 0 Å². The van der Waals surface area contributed by atoms with Gasteiger partial charge in [-0.05, 0) is 52.3 Å². The Morgan fingerprint density at radius 2 is 1.60 bits per heavy atom. The lowest BCUT2D eigenvalue weighted by molar-refractivity contribution is -0.385. The van der Waals surface area contributed by atoms with E-state index in [4.69, 9.17) is 0 Å². The van der Waals surface area contributed by atoms with Gasteiger partial charge in [0.25, 0.3) is 11.6 Å². The van der Waals surface area contributed by atoms with E-state index in [-0.39, 0.29) is 11.3 Å². The summed E-state index contributed by atoms with van der Waals surface area (Å²) in [5, 5.41) is 11.1. The molecule has 0 spiro atoms. The number of amides is 1. The van der Waals surface area contributed by atoms with Gasteiger partial charge in [-0.3, -0.25) is 14.9 Å². The zero-order valence-corrected chi connectivity index (χ0v) is 14.3. The summed E-state index contributed by atoms with van der Waals surface area (Å²) >= 11 is 3.12. The van der Waals surface area contributed by atoms with Crippen molar-refractivity contribution in [3.63, 3.8) is 0 Å². The zero-order valence-electron chi connectivity index (χ0n) is 12.7. The van der Waals surface area contributed by atoms with Crippen LogP contribution in [0.4, 0.5) is 17.3 Å². The third-order valence-corrected chi connectivity index (χ3v) is 4.02. The van der Waals surface area contributed by atoms with Crippen LogP contribution in [-0.2, 0) is 0 Å².